The average Bonchev–Trinajstić information content (AvgIpc) is 2.38. The number of nitrogens with one attached hydrogen (secondary N) is 1. The fourth-order valence-electron chi connectivity index (χ4n) is 2.75. The fraction of sp³-hybridized carbons (Fsp3) is 0.533. The topological polar surface area (TPSA) is 64.3 Å². The van der Waals surface area contributed by atoms with E-state index in [0.717, 1.165) is 37.1 Å². The van der Waals surface area contributed by atoms with Gasteiger partial charge in [-0.25, -0.2) is 0 Å². The van der Waals surface area contributed by atoms with E-state index in [1.165, 1.54) is 0 Å². The molecule has 4 heteroatoms. The lowest BCUT2D eigenvalue weighted by Gasteiger charge is -2.35. The highest BCUT2D eigenvalue weighted by atomic mass is 16.5. The van der Waals surface area contributed by atoms with Gasteiger partial charge in [-0.05, 0) is 30.9 Å². The Morgan fingerprint density at radius 1 is 1.53 bits per heavy atom. The summed E-state index contributed by atoms with van der Waals surface area (Å²) in [4.78, 5) is 12.4. The zero-order chi connectivity index (χ0) is 13.9. The van der Waals surface area contributed by atoms with Crippen molar-refractivity contribution in [1.29, 1.82) is 0 Å². The van der Waals surface area contributed by atoms with Crippen molar-refractivity contribution in [3.8, 4) is 5.75 Å². The second kappa shape index (κ2) is 5.61. The summed E-state index contributed by atoms with van der Waals surface area (Å²) in [7, 11) is 1.61. The van der Waals surface area contributed by atoms with E-state index in [9.17, 15) is 4.79 Å². The molecule has 1 aliphatic carbocycles. The van der Waals surface area contributed by atoms with Gasteiger partial charge in [0, 0.05) is 11.8 Å². The van der Waals surface area contributed by atoms with Crippen LogP contribution in [0.15, 0.2) is 24.3 Å². The Balaban J connectivity index is 2.07. The van der Waals surface area contributed by atoms with Gasteiger partial charge < -0.3 is 15.8 Å². The van der Waals surface area contributed by atoms with Crippen LogP contribution in [0.5, 0.6) is 5.75 Å². The molecule has 2 atom stereocenters. The molecule has 1 saturated carbocycles. The molecule has 0 saturated heterocycles. The van der Waals surface area contributed by atoms with Crippen LogP contribution in [0.1, 0.15) is 32.6 Å². The Hall–Kier alpha value is -1.55. The highest BCUT2D eigenvalue weighted by molar-refractivity contribution is 5.98. The van der Waals surface area contributed by atoms with Gasteiger partial charge in [-0.15, -0.1) is 0 Å². The molecule has 0 aliphatic heterocycles. The fourth-order valence-corrected chi connectivity index (χ4v) is 2.75. The summed E-state index contributed by atoms with van der Waals surface area (Å²) in [5.74, 6) is 1.14. The molecule has 2 rings (SSSR count). The molecule has 19 heavy (non-hydrogen) atoms. The quantitative estimate of drug-likeness (QED) is 0.879. The third-order valence-electron chi connectivity index (χ3n) is 3.81. The van der Waals surface area contributed by atoms with Crippen molar-refractivity contribution < 1.29 is 9.53 Å². The predicted molar refractivity (Wildman–Crippen MR) is 76.2 cm³/mol. The Morgan fingerprint density at radius 3 is 3.00 bits per heavy atom. The SMILES string of the molecule is COc1cccc(NC(=O)C2(N)CCCC(C)C2)c1. The number of benzene rings is 1. The van der Waals surface area contributed by atoms with Crippen molar-refractivity contribution in [2.45, 2.75) is 38.1 Å². The Kier molecular flexibility index (Phi) is 4.10. The molecule has 1 aromatic rings. The molecule has 0 heterocycles. The maximum atomic E-state index is 12.4. The summed E-state index contributed by atoms with van der Waals surface area (Å²) in [5.41, 5.74) is 6.26. The number of ether oxygens (including phenoxy) is 1. The Labute approximate surface area is 114 Å². The lowest BCUT2D eigenvalue weighted by atomic mass is 9.76. The maximum Gasteiger partial charge on any atom is 0.244 e. The summed E-state index contributed by atoms with van der Waals surface area (Å²) in [5, 5.41) is 2.90. The highest BCUT2D eigenvalue weighted by Crippen LogP contribution is 2.31. The second-order valence-corrected chi connectivity index (χ2v) is 5.54. The highest BCUT2D eigenvalue weighted by Gasteiger charge is 2.37. The van der Waals surface area contributed by atoms with E-state index in [-0.39, 0.29) is 5.91 Å². The number of anilines is 1. The minimum absolute atomic E-state index is 0.0905. The predicted octanol–water partition coefficient (Wildman–Crippen LogP) is 2.54. The molecular weight excluding hydrogens is 240 g/mol. The summed E-state index contributed by atoms with van der Waals surface area (Å²) in [6.45, 7) is 2.15. The molecule has 1 fully saturated rings. The first-order chi connectivity index (χ1) is 9.03. The molecule has 1 aliphatic rings. The molecule has 0 aromatic heterocycles. The molecule has 4 nitrogen and oxygen atoms in total. The summed E-state index contributed by atoms with van der Waals surface area (Å²) < 4.78 is 5.14. The smallest absolute Gasteiger partial charge is 0.244 e. The first-order valence-corrected chi connectivity index (χ1v) is 6.78. The van der Waals surface area contributed by atoms with Crippen molar-refractivity contribution in [3.05, 3.63) is 24.3 Å². The first kappa shape index (κ1) is 13.9. The van der Waals surface area contributed by atoms with E-state index in [1.807, 2.05) is 18.2 Å². The van der Waals surface area contributed by atoms with Gasteiger partial charge in [0.25, 0.3) is 0 Å². The van der Waals surface area contributed by atoms with Crippen LogP contribution in [-0.2, 0) is 4.79 Å². The first-order valence-electron chi connectivity index (χ1n) is 6.78. The second-order valence-electron chi connectivity index (χ2n) is 5.54. The average molecular weight is 262 g/mol. The van der Waals surface area contributed by atoms with E-state index in [2.05, 4.69) is 12.2 Å². The van der Waals surface area contributed by atoms with Crippen molar-refractivity contribution in [1.82, 2.24) is 0 Å². The van der Waals surface area contributed by atoms with Crippen LogP contribution in [0.4, 0.5) is 5.69 Å². The largest absolute Gasteiger partial charge is 0.497 e. The van der Waals surface area contributed by atoms with E-state index in [0.29, 0.717) is 5.92 Å². The lowest BCUT2D eigenvalue weighted by molar-refractivity contribution is -0.122. The van der Waals surface area contributed by atoms with Crippen molar-refractivity contribution in [3.63, 3.8) is 0 Å². The van der Waals surface area contributed by atoms with E-state index >= 15 is 0 Å². The van der Waals surface area contributed by atoms with E-state index in [1.54, 1.807) is 13.2 Å². The normalized spacial score (nSPS) is 26.8. The van der Waals surface area contributed by atoms with Crippen LogP contribution in [0.2, 0.25) is 0 Å². The van der Waals surface area contributed by atoms with Gasteiger partial charge in [0.1, 0.15) is 5.75 Å². The number of hydrogen-bond donors (Lipinski definition) is 2. The molecule has 104 valence electrons. The summed E-state index contributed by atoms with van der Waals surface area (Å²) in [6.07, 6.45) is 3.69. The van der Waals surface area contributed by atoms with E-state index in [4.69, 9.17) is 10.5 Å². The van der Waals surface area contributed by atoms with Gasteiger partial charge in [-0.3, -0.25) is 4.79 Å². The molecule has 3 N–H and O–H groups in total. The molecule has 2 unspecified atom stereocenters. The molecular formula is C15H22N2O2. The summed E-state index contributed by atoms with van der Waals surface area (Å²) in [6, 6.07) is 7.33. The van der Waals surface area contributed by atoms with Gasteiger partial charge in [0.2, 0.25) is 5.91 Å². The van der Waals surface area contributed by atoms with Crippen molar-refractivity contribution in [2.24, 2.45) is 11.7 Å². The molecule has 1 aromatic carbocycles. The molecule has 1 amide bonds. The zero-order valence-corrected chi connectivity index (χ0v) is 11.6. The van der Waals surface area contributed by atoms with Gasteiger partial charge in [-0.1, -0.05) is 25.8 Å². The third-order valence-corrected chi connectivity index (χ3v) is 3.81. The monoisotopic (exact) mass is 262 g/mol. The number of nitrogens with two attached hydrogens (primary N) is 1. The summed E-state index contributed by atoms with van der Waals surface area (Å²) >= 11 is 0. The third kappa shape index (κ3) is 3.26. The van der Waals surface area contributed by atoms with Gasteiger partial charge in [0.05, 0.1) is 12.6 Å². The lowest BCUT2D eigenvalue weighted by Crippen LogP contribution is -2.53. The number of rotatable bonds is 3. The number of carbonyl (C=O) groups is 1. The molecule has 0 spiro atoms. The van der Waals surface area contributed by atoms with Gasteiger partial charge in [0.15, 0.2) is 0 Å². The van der Waals surface area contributed by atoms with Crippen LogP contribution < -0.4 is 15.8 Å². The maximum absolute atomic E-state index is 12.4. The Morgan fingerprint density at radius 2 is 2.32 bits per heavy atom. The van der Waals surface area contributed by atoms with Crippen LogP contribution in [0.25, 0.3) is 0 Å². The molecule has 0 bridgehead atoms. The van der Waals surface area contributed by atoms with E-state index < -0.39 is 5.54 Å². The van der Waals surface area contributed by atoms with Crippen molar-refractivity contribution >= 4 is 11.6 Å². The van der Waals surface area contributed by atoms with Crippen molar-refractivity contribution in [2.75, 3.05) is 12.4 Å². The van der Waals surface area contributed by atoms with Gasteiger partial charge in [-0.2, -0.15) is 0 Å². The number of amides is 1. The number of carbonyl (C=O) groups excluding carboxylic acids is 1. The van der Waals surface area contributed by atoms with Crippen LogP contribution in [0.3, 0.4) is 0 Å². The number of methoxy groups -OCH3 is 1. The van der Waals surface area contributed by atoms with Gasteiger partial charge >= 0.3 is 0 Å². The van der Waals surface area contributed by atoms with Crippen LogP contribution in [0, 0.1) is 5.92 Å². The zero-order valence-electron chi connectivity index (χ0n) is 11.6. The van der Waals surface area contributed by atoms with Crippen LogP contribution >= 0.6 is 0 Å². The Bertz CT molecular complexity index is 461. The minimum Gasteiger partial charge on any atom is -0.497 e. The van der Waals surface area contributed by atoms with Crippen LogP contribution in [-0.4, -0.2) is 18.6 Å². The standard InChI is InChI=1S/C15H22N2O2/c1-11-5-4-8-15(16,10-11)14(18)17-12-6-3-7-13(9-12)19-2/h3,6-7,9,11H,4-5,8,10,16H2,1-2H3,(H,17,18). The minimum atomic E-state index is -0.735. The molecule has 0 radical (unpaired) electrons. The number of hydrogen-bond acceptors (Lipinski definition) is 3.